The number of rotatable bonds is 3. The van der Waals surface area contributed by atoms with Crippen molar-refractivity contribution in [3.8, 4) is 0 Å². The van der Waals surface area contributed by atoms with Gasteiger partial charge in [-0.05, 0) is 57.9 Å². The molecule has 128 valence electrons. The Hall–Kier alpha value is -2.08. The van der Waals surface area contributed by atoms with Crippen LogP contribution in [0.15, 0.2) is 23.7 Å². The molecule has 1 aromatic heterocycles. The first-order valence-electron chi connectivity index (χ1n) is 8.10. The topological polar surface area (TPSA) is 54.5 Å². The third-order valence-electron chi connectivity index (χ3n) is 3.89. The number of hydrogen-bond donors (Lipinski definition) is 1. The van der Waals surface area contributed by atoms with Gasteiger partial charge in [0.05, 0.1) is 23.4 Å². The molecule has 1 aliphatic rings. The normalized spacial score (nSPS) is 13.8. The molecule has 3 rings (SSSR count). The fourth-order valence-electron chi connectivity index (χ4n) is 2.70. The van der Waals surface area contributed by atoms with Crippen LogP contribution in [0.2, 0.25) is 0 Å². The highest BCUT2D eigenvalue weighted by Crippen LogP contribution is 2.32. The monoisotopic (exact) mass is 345 g/mol. The summed E-state index contributed by atoms with van der Waals surface area (Å²) >= 11 is 1.66. The average Bonchev–Trinajstić information content (AvgIpc) is 3.09. The van der Waals surface area contributed by atoms with E-state index in [1.807, 2.05) is 45.3 Å². The summed E-state index contributed by atoms with van der Waals surface area (Å²) in [7, 11) is 0. The molecule has 1 aromatic carbocycles. The lowest BCUT2D eigenvalue weighted by Gasteiger charge is -2.24. The van der Waals surface area contributed by atoms with E-state index in [9.17, 15) is 4.79 Å². The Morgan fingerprint density at radius 2 is 2.21 bits per heavy atom. The SMILES string of the molecule is Cc1ncsc1CNc1ccc2c(c1)CCN2C(=O)OC(C)(C)C. The molecule has 5 nitrogen and oxygen atoms in total. The summed E-state index contributed by atoms with van der Waals surface area (Å²) in [5.74, 6) is 0. The van der Waals surface area contributed by atoms with Crippen LogP contribution in [0.1, 0.15) is 36.9 Å². The van der Waals surface area contributed by atoms with Crippen molar-refractivity contribution < 1.29 is 9.53 Å². The Bertz CT molecular complexity index is 749. The molecule has 0 spiro atoms. The largest absolute Gasteiger partial charge is 0.443 e. The molecular formula is C18H23N3O2S. The number of fused-ring (bicyclic) bond motifs is 1. The van der Waals surface area contributed by atoms with Crippen LogP contribution in [0.25, 0.3) is 0 Å². The molecule has 24 heavy (non-hydrogen) atoms. The van der Waals surface area contributed by atoms with Crippen molar-refractivity contribution in [1.82, 2.24) is 4.98 Å². The molecule has 1 N–H and O–H groups in total. The quantitative estimate of drug-likeness (QED) is 0.898. The fourth-order valence-corrected chi connectivity index (χ4v) is 3.41. The smallest absolute Gasteiger partial charge is 0.414 e. The minimum absolute atomic E-state index is 0.276. The third-order valence-corrected chi connectivity index (χ3v) is 4.82. The number of carbonyl (C=O) groups is 1. The van der Waals surface area contributed by atoms with Crippen LogP contribution in [0.4, 0.5) is 16.2 Å². The molecule has 0 radical (unpaired) electrons. The van der Waals surface area contributed by atoms with Gasteiger partial charge in [0, 0.05) is 17.1 Å². The minimum Gasteiger partial charge on any atom is -0.443 e. The predicted molar refractivity (Wildman–Crippen MR) is 97.9 cm³/mol. The Labute approximate surface area is 146 Å². The van der Waals surface area contributed by atoms with Crippen molar-refractivity contribution in [1.29, 1.82) is 0 Å². The van der Waals surface area contributed by atoms with E-state index in [0.29, 0.717) is 6.54 Å². The molecule has 0 saturated carbocycles. The molecule has 2 aromatic rings. The molecule has 0 aliphatic carbocycles. The van der Waals surface area contributed by atoms with Gasteiger partial charge in [-0.2, -0.15) is 0 Å². The highest BCUT2D eigenvalue weighted by Gasteiger charge is 2.28. The van der Waals surface area contributed by atoms with Crippen molar-refractivity contribution in [2.24, 2.45) is 0 Å². The number of nitrogens with zero attached hydrogens (tertiary/aromatic N) is 2. The second kappa shape index (κ2) is 6.43. The third kappa shape index (κ3) is 3.70. The summed E-state index contributed by atoms with van der Waals surface area (Å²) in [6, 6.07) is 6.13. The number of aromatic nitrogens is 1. The van der Waals surface area contributed by atoms with Crippen molar-refractivity contribution in [3.63, 3.8) is 0 Å². The second-order valence-corrected chi connectivity index (χ2v) is 7.88. The molecular weight excluding hydrogens is 322 g/mol. The molecule has 0 atom stereocenters. The number of benzene rings is 1. The van der Waals surface area contributed by atoms with E-state index >= 15 is 0 Å². The number of nitrogens with one attached hydrogen (secondary N) is 1. The van der Waals surface area contributed by atoms with Gasteiger partial charge >= 0.3 is 6.09 Å². The molecule has 0 bridgehead atoms. The van der Waals surface area contributed by atoms with Gasteiger partial charge < -0.3 is 10.1 Å². The fraction of sp³-hybridized carbons (Fsp3) is 0.444. The number of carbonyl (C=O) groups excluding carboxylic acids is 1. The van der Waals surface area contributed by atoms with Crippen LogP contribution in [0.5, 0.6) is 0 Å². The van der Waals surface area contributed by atoms with E-state index in [4.69, 9.17) is 4.74 Å². The van der Waals surface area contributed by atoms with Gasteiger partial charge in [-0.15, -0.1) is 11.3 Å². The zero-order valence-electron chi connectivity index (χ0n) is 14.5. The highest BCUT2D eigenvalue weighted by molar-refractivity contribution is 7.09. The Morgan fingerprint density at radius 1 is 1.42 bits per heavy atom. The maximum absolute atomic E-state index is 12.3. The van der Waals surface area contributed by atoms with E-state index in [1.54, 1.807) is 16.2 Å². The van der Waals surface area contributed by atoms with Gasteiger partial charge in [0.2, 0.25) is 0 Å². The molecule has 2 heterocycles. The summed E-state index contributed by atoms with van der Waals surface area (Å²) in [5, 5.41) is 3.44. The van der Waals surface area contributed by atoms with E-state index in [0.717, 1.165) is 30.0 Å². The van der Waals surface area contributed by atoms with E-state index < -0.39 is 5.60 Å². The Kier molecular flexibility index (Phi) is 4.49. The number of amides is 1. The number of anilines is 2. The maximum atomic E-state index is 12.3. The summed E-state index contributed by atoms with van der Waals surface area (Å²) in [6.45, 7) is 9.12. The Morgan fingerprint density at radius 3 is 2.88 bits per heavy atom. The van der Waals surface area contributed by atoms with Crippen molar-refractivity contribution >= 4 is 28.8 Å². The van der Waals surface area contributed by atoms with Crippen LogP contribution >= 0.6 is 11.3 Å². The first-order chi connectivity index (χ1) is 11.3. The number of hydrogen-bond acceptors (Lipinski definition) is 5. The van der Waals surface area contributed by atoms with Crippen molar-refractivity contribution in [3.05, 3.63) is 39.8 Å². The summed E-state index contributed by atoms with van der Waals surface area (Å²) in [4.78, 5) is 19.5. The van der Waals surface area contributed by atoms with Gasteiger partial charge in [0.15, 0.2) is 0 Å². The molecule has 1 aliphatic heterocycles. The van der Waals surface area contributed by atoms with Gasteiger partial charge in [0.1, 0.15) is 5.60 Å². The van der Waals surface area contributed by atoms with E-state index in [-0.39, 0.29) is 6.09 Å². The van der Waals surface area contributed by atoms with Crippen LogP contribution < -0.4 is 10.2 Å². The summed E-state index contributed by atoms with van der Waals surface area (Å²) < 4.78 is 5.48. The highest BCUT2D eigenvalue weighted by atomic mass is 32.1. The van der Waals surface area contributed by atoms with Gasteiger partial charge in [0.25, 0.3) is 0 Å². The zero-order chi connectivity index (χ0) is 17.3. The van der Waals surface area contributed by atoms with Crippen LogP contribution in [0, 0.1) is 6.92 Å². The second-order valence-electron chi connectivity index (χ2n) is 6.94. The van der Waals surface area contributed by atoms with Crippen molar-refractivity contribution in [2.45, 2.75) is 46.3 Å². The van der Waals surface area contributed by atoms with Crippen LogP contribution in [-0.2, 0) is 17.7 Å². The standard InChI is InChI=1S/C18H23N3O2S/c1-12-16(24-11-20-12)10-19-14-5-6-15-13(9-14)7-8-21(15)17(22)23-18(2,3)4/h5-6,9,11,19H,7-8,10H2,1-4H3. The van der Waals surface area contributed by atoms with Crippen molar-refractivity contribution in [2.75, 3.05) is 16.8 Å². The summed E-state index contributed by atoms with van der Waals surface area (Å²) in [5.41, 5.74) is 5.65. The van der Waals surface area contributed by atoms with Gasteiger partial charge in [-0.1, -0.05) is 0 Å². The summed E-state index contributed by atoms with van der Waals surface area (Å²) in [6.07, 6.45) is 0.575. The van der Waals surface area contributed by atoms with Crippen LogP contribution in [0.3, 0.4) is 0 Å². The Balaban J connectivity index is 1.69. The lowest BCUT2D eigenvalue weighted by molar-refractivity contribution is 0.0584. The maximum Gasteiger partial charge on any atom is 0.414 e. The number of ether oxygens (including phenoxy) is 1. The molecule has 0 fully saturated rings. The molecule has 0 saturated heterocycles. The zero-order valence-corrected chi connectivity index (χ0v) is 15.4. The first kappa shape index (κ1) is 16.8. The van der Waals surface area contributed by atoms with Crippen LogP contribution in [-0.4, -0.2) is 23.2 Å². The lowest BCUT2D eigenvalue weighted by Crippen LogP contribution is -2.35. The molecule has 0 unspecified atom stereocenters. The van der Waals surface area contributed by atoms with E-state index in [1.165, 1.54) is 10.4 Å². The molecule has 1 amide bonds. The first-order valence-corrected chi connectivity index (χ1v) is 8.98. The number of thiazole rings is 1. The molecule has 6 heteroatoms. The lowest BCUT2D eigenvalue weighted by atomic mass is 10.1. The predicted octanol–water partition coefficient (Wildman–Crippen LogP) is 4.36. The number of aryl methyl sites for hydroxylation is 1. The van der Waals surface area contributed by atoms with Gasteiger partial charge in [-0.3, -0.25) is 4.90 Å². The minimum atomic E-state index is -0.478. The van der Waals surface area contributed by atoms with Gasteiger partial charge in [-0.25, -0.2) is 9.78 Å². The average molecular weight is 345 g/mol. The van der Waals surface area contributed by atoms with E-state index in [2.05, 4.69) is 16.4 Å².